The summed E-state index contributed by atoms with van der Waals surface area (Å²) >= 11 is 3.07. The van der Waals surface area contributed by atoms with E-state index in [9.17, 15) is 4.79 Å². The van der Waals surface area contributed by atoms with Gasteiger partial charge in [0.05, 0.1) is 26.5 Å². The van der Waals surface area contributed by atoms with Crippen LogP contribution in [0, 0.1) is 0 Å². The molecule has 2 N–H and O–H groups in total. The number of nitrogens with zero attached hydrogens (tertiary/aromatic N) is 3. The molecule has 0 atom stereocenters. The molecule has 6 nitrogen and oxygen atoms in total. The van der Waals surface area contributed by atoms with Crippen molar-refractivity contribution >= 4 is 38.8 Å². The lowest BCUT2D eigenvalue weighted by Crippen LogP contribution is -2.22. The molecule has 114 valence electrons. The summed E-state index contributed by atoms with van der Waals surface area (Å²) in [7, 11) is 0. The monoisotopic (exact) mass is 341 g/mol. The Balaban J connectivity index is 1.52. The van der Waals surface area contributed by atoms with Crippen molar-refractivity contribution in [3.8, 4) is 9.88 Å². The number of para-hydroxylation sites is 1. The quantitative estimate of drug-likeness (QED) is 0.597. The van der Waals surface area contributed by atoms with Gasteiger partial charge in [0, 0.05) is 0 Å². The number of carbonyl (C=O) groups excluding carboxylic acids is 1. The summed E-state index contributed by atoms with van der Waals surface area (Å²) in [4.78, 5) is 22.4. The van der Waals surface area contributed by atoms with Gasteiger partial charge in [0.2, 0.25) is 0 Å². The van der Waals surface area contributed by atoms with E-state index in [0.29, 0.717) is 17.2 Å². The highest BCUT2D eigenvalue weighted by atomic mass is 32.1. The fourth-order valence-corrected chi connectivity index (χ4v) is 4.06. The predicted molar refractivity (Wildman–Crippen MR) is 90.5 cm³/mol. The molecule has 0 aliphatic rings. The topological polar surface area (TPSA) is 83.6 Å². The van der Waals surface area contributed by atoms with Gasteiger partial charge in [-0.25, -0.2) is 9.97 Å². The van der Waals surface area contributed by atoms with E-state index in [-0.39, 0.29) is 5.91 Å². The van der Waals surface area contributed by atoms with Crippen LogP contribution in [0.1, 0.15) is 15.5 Å². The van der Waals surface area contributed by atoms with Crippen LogP contribution in [0.25, 0.3) is 20.1 Å². The average molecular weight is 341 g/mol. The second kappa shape index (κ2) is 5.90. The van der Waals surface area contributed by atoms with E-state index in [1.54, 1.807) is 11.3 Å². The number of aromatic amines is 1. The van der Waals surface area contributed by atoms with Crippen molar-refractivity contribution in [1.82, 2.24) is 25.5 Å². The molecule has 1 amide bonds. The maximum atomic E-state index is 12.2. The molecule has 0 aliphatic carbocycles. The third-order valence-electron chi connectivity index (χ3n) is 3.22. The van der Waals surface area contributed by atoms with Crippen molar-refractivity contribution in [3.05, 3.63) is 53.4 Å². The number of fused-ring (bicyclic) bond motifs is 1. The van der Waals surface area contributed by atoms with Crippen molar-refractivity contribution in [1.29, 1.82) is 0 Å². The predicted octanol–water partition coefficient (Wildman–Crippen LogP) is 3.07. The summed E-state index contributed by atoms with van der Waals surface area (Å²) in [6.07, 6.45) is 1.41. The third kappa shape index (κ3) is 2.86. The van der Waals surface area contributed by atoms with Crippen molar-refractivity contribution in [2.45, 2.75) is 6.54 Å². The Bertz CT molecular complexity index is 924. The van der Waals surface area contributed by atoms with Gasteiger partial charge in [-0.1, -0.05) is 12.1 Å². The van der Waals surface area contributed by atoms with E-state index in [2.05, 4.69) is 31.5 Å². The second-order valence-electron chi connectivity index (χ2n) is 4.77. The fraction of sp³-hybridized carbons (Fsp3) is 0.0667. The zero-order valence-corrected chi connectivity index (χ0v) is 13.4. The zero-order chi connectivity index (χ0) is 15.6. The van der Waals surface area contributed by atoms with E-state index < -0.39 is 0 Å². The summed E-state index contributed by atoms with van der Waals surface area (Å²) in [6, 6.07) is 11.8. The van der Waals surface area contributed by atoms with Gasteiger partial charge in [0.15, 0.2) is 0 Å². The number of nitrogens with one attached hydrogen (secondary N) is 2. The number of hydrogen-bond donors (Lipinski definition) is 2. The number of aromatic nitrogens is 4. The standard InChI is InChI=1S/C15H11N5OS2/c21-14(16-7-13-17-8-18-20-13)11-5-6-12(22-11)15-19-9-3-1-2-4-10(9)23-15/h1-6,8H,7H2,(H,16,21)(H,17,18,20). The lowest BCUT2D eigenvalue weighted by molar-refractivity contribution is 0.0954. The van der Waals surface area contributed by atoms with Crippen LogP contribution in [0.5, 0.6) is 0 Å². The van der Waals surface area contributed by atoms with E-state index in [0.717, 1.165) is 20.1 Å². The molecule has 8 heteroatoms. The van der Waals surface area contributed by atoms with E-state index in [1.807, 2.05) is 30.3 Å². The fourth-order valence-electron chi connectivity index (χ4n) is 2.12. The number of carbonyl (C=O) groups is 1. The van der Waals surface area contributed by atoms with E-state index >= 15 is 0 Å². The first-order valence-electron chi connectivity index (χ1n) is 6.88. The molecule has 0 saturated heterocycles. The number of H-pyrrole nitrogens is 1. The van der Waals surface area contributed by atoms with Crippen LogP contribution in [0.3, 0.4) is 0 Å². The second-order valence-corrected chi connectivity index (χ2v) is 6.88. The minimum atomic E-state index is -0.126. The van der Waals surface area contributed by atoms with Crippen molar-refractivity contribution in [2.24, 2.45) is 0 Å². The first-order valence-corrected chi connectivity index (χ1v) is 8.51. The largest absolute Gasteiger partial charge is 0.344 e. The molecule has 3 aromatic heterocycles. The van der Waals surface area contributed by atoms with Crippen LogP contribution in [0.4, 0.5) is 0 Å². The molecule has 0 spiro atoms. The lowest BCUT2D eigenvalue weighted by Gasteiger charge is -1.99. The molecule has 0 radical (unpaired) electrons. The first-order chi connectivity index (χ1) is 11.3. The third-order valence-corrected chi connectivity index (χ3v) is 5.51. The molecule has 3 heterocycles. The van der Waals surface area contributed by atoms with Gasteiger partial charge in [0.1, 0.15) is 17.2 Å². The minimum absolute atomic E-state index is 0.126. The molecule has 1 aromatic carbocycles. The van der Waals surface area contributed by atoms with Crippen molar-refractivity contribution in [2.75, 3.05) is 0 Å². The molecular weight excluding hydrogens is 330 g/mol. The summed E-state index contributed by atoms with van der Waals surface area (Å²) in [6.45, 7) is 0.327. The molecule has 0 bridgehead atoms. The number of hydrogen-bond acceptors (Lipinski definition) is 6. The molecule has 23 heavy (non-hydrogen) atoms. The first kappa shape index (κ1) is 14.0. The van der Waals surface area contributed by atoms with Crippen LogP contribution in [-0.4, -0.2) is 26.1 Å². The van der Waals surface area contributed by atoms with E-state index in [1.165, 1.54) is 17.7 Å². The molecule has 4 aromatic rings. The number of amides is 1. The Kier molecular flexibility index (Phi) is 3.60. The van der Waals surface area contributed by atoms with Gasteiger partial charge < -0.3 is 5.32 Å². The van der Waals surface area contributed by atoms with Crippen molar-refractivity contribution < 1.29 is 4.79 Å². The maximum Gasteiger partial charge on any atom is 0.261 e. The van der Waals surface area contributed by atoms with Gasteiger partial charge in [-0.15, -0.1) is 22.7 Å². The van der Waals surface area contributed by atoms with Crippen LogP contribution >= 0.6 is 22.7 Å². The molecule has 0 unspecified atom stereocenters. The highest BCUT2D eigenvalue weighted by molar-refractivity contribution is 7.26. The van der Waals surface area contributed by atoms with Crippen LogP contribution < -0.4 is 5.32 Å². The SMILES string of the molecule is O=C(NCc1ncn[nH]1)c1ccc(-c2nc3ccccc3s2)s1. The average Bonchev–Trinajstić information content (AvgIpc) is 3.31. The Morgan fingerprint density at radius 3 is 2.91 bits per heavy atom. The minimum Gasteiger partial charge on any atom is -0.344 e. The number of benzene rings is 1. The van der Waals surface area contributed by atoms with Gasteiger partial charge >= 0.3 is 0 Å². The van der Waals surface area contributed by atoms with Crippen molar-refractivity contribution in [3.63, 3.8) is 0 Å². The highest BCUT2D eigenvalue weighted by Crippen LogP contribution is 2.34. The van der Waals surface area contributed by atoms with Gasteiger partial charge in [-0.05, 0) is 24.3 Å². The summed E-state index contributed by atoms with van der Waals surface area (Å²) in [5.41, 5.74) is 0.984. The van der Waals surface area contributed by atoms with Crippen LogP contribution in [-0.2, 0) is 6.54 Å². The van der Waals surface area contributed by atoms with Gasteiger partial charge in [0.25, 0.3) is 5.91 Å². The smallest absolute Gasteiger partial charge is 0.261 e. The summed E-state index contributed by atoms with van der Waals surface area (Å²) in [5, 5.41) is 10.2. The summed E-state index contributed by atoms with van der Waals surface area (Å²) in [5.74, 6) is 0.500. The normalized spacial score (nSPS) is 11.0. The zero-order valence-electron chi connectivity index (χ0n) is 11.8. The van der Waals surface area contributed by atoms with Gasteiger partial charge in [-0.2, -0.15) is 5.10 Å². The number of rotatable bonds is 4. The molecule has 0 aliphatic heterocycles. The van der Waals surface area contributed by atoms with E-state index in [4.69, 9.17) is 0 Å². The Hall–Kier alpha value is -2.58. The van der Waals surface area contributed by atoms with Gasteiger partial charge in [-0.3, -0.25) is 9.89 Å². The maximum absolute atomic E-state index is 12.2. The van der Waals surface area contributed by atoms with Crippen LogP contribution in [0.2, 0.25) is 0 Å². The molecule has 4 rings (SSSR count). The molecule has 0 saturated carbocycles. The molecule has 0 fully saturated rings. The molecular formula is C15H11N5OS2. The number of thiophene rings is 1. The Morgan fingerprint density at radius 2 is 2.09 bits per heavy atom. The lowest BCUT2D eigenvalue weighted by atomic mass is 10.3. The summed E-state index contributed by atoms with van der Waals surface area (Å²) < 4.78 is 1.15. The Morgan fingerprint density at radius 1 is 1.17 bits per heavy atom. The Labute approximate surface area is 139 Å². The number of thiazole rings is 1. The van der Waals surface area contributed by atoms with Crippen LogP contribution in [0.15, 0.2) is 42.7 Å². The highest BCUT2D eigenvalue weighted by Gasteiger charge is 2.13.